The zero-order valence-corrected chi connectivity index (χ0v) is 14.3. The van der Waals surface area contributed by atoms with Crippen LogP contribution in [0, 0.1) is 6.92 Å². The van der Waals surface area contributed by atoms with Gasteiger partial charge in [0.2, 0.25) is 0 Å². The van der Waals surface area contributed by atoms with E-state index in [4.69, 9.17) is 0 Å². The molecule has 2 nitrogen and oxygen atoms in total. The van der Waals surface area contributed by atoms with Gasteiger partial charge in [-0.05, 0) is 37.4 Å². The first kappa shape index (κ1) is 16.7. The van der Waals surface area contributed by atoms with Crippen LogP contribution in [0.2, 0.25) is 0 Å². The highest BCUT2D eigenvalue weighted by Crippen LogP contribution is 2.15. The van der Waals surface area contributed by atoms with E-state index in [1.807, 2.05) is 24.3 Å². The third kappa shape index (κ3) is 4.65. The standard InChI is InChI=1S/C22H25NO/c1-17-5-7-18(8-6-17)9-10-19-11-13-20(14-12-19)22(24)16-21-4-2-3-15-23-21/h5-14,21,23H,2-4,15-16H2,1H3. The molecule has 1 unspecified atom stereocenters. The largest absolute Gasteiger partial charge is 0.314 e. The number of aryl methyl sites for hydroxylation is 1. The van der Waals surface area contributed by atoms with E-state index >= 15 is 0 Å². The summed E-state index contributed by atoms with van der Waals surface area (Å²) in [6.45, 7) is 3.13. The van der Waals surface area contributed by atoms with Crippen molar-refractivity contribution in [1.82, 2.24) is 5.32 Å². The van der Waals surface area contributed by atoms with E-state index in [2.05, 4.69) is 48.7 Å². The van der Waals surface area contributed by atoms with Crippen LogP contribution in [-0.4, -0.2) is 18.4 Å². The number of carbonyl (C=O) groups is 1. The SMILES string of the molecule is Cc1ccc(C=Cc2ccc(C(=O)CC3CCCCN3)cc2)cc1. The monoisotopic (exact) mass is 319 g/mol. The lowest BCUT2D eigenvalue weighted by Crippen LogP contribution is -2.35. The summed E-state index contributed by atoms with van der Waals surface area (Å²) in [4.78, 5) is 12.4. The molecule has 124 valence electrons. The quantitative estimate of drug-likeness (QED) is 0.628. The molecule has 3 rings (SSSR count). The highest BCUT2D eigenvalue weighted by molar-refractivity contribution is 5.96. The molecule has 1 fully saturated rings. The molecule has 1 aliphatic heterocycles. The highest BCUT2D eigenvalue weighted by atomic mass is 16.1. The molecule has 2 aromatic rings. The van der Waals surface area contributed by atoms with Crippen molar-refractivity contribution in [1.29, 1.82) is 0 Å². The van der Waals surface area contributed by atoms with Gasteiger partial charge < -0.3 is 5.32 Å². The van der Waals surface area contributed by atoms with Crippen molar-refractivity contribution < 1.29 is 4.79 Å². The minimum atomic E-state index is 0.239. The Morgan fingerprint density at radius 3 is 2.21 bits per heavy atom. The molecule has 1 saturated heterocycles. The Kier molecular flexibility index (Phi) is 5.60. The van der Waals surface area contributed by atoms with E-state index in [0.717, 1.165) is 24.1 Å². The fraction of sp³-hybridized carbons (Fsp3) is 0.318. The van der Waals surface area contributed by atoms with Gasteiger partial charge in [-0.2, -0.15) is 0 Å². The average Bonchev–Trinajstić information content (AvgIpc) is 2.62. The lowest BCUT2D eigenvalue weighted by molar-refractivity contribution is 0.0963. The lowest BCUT2D eigenvalue weighted by Gasteiger charge is -2.22. The first-order chi connectivity index (χ1) is 11.7. The van der Waals surface area contributed by atoms with Gasteiger partial charge in [-0.1, -0.05) is 72.7 Å². The molecule has 0 aromatic heterocycles. The molecule has 0 radical (unpaired) electrons. The molecule has 1 heterocycles. The van der Waals surface area contributed by atoms with Gasteiger partial charge in [-0.25, -0.2) is 0 Å². The summed E-state index contributed by atoms with van der Waals surface area (Å²) in [5.74, 6) is 0.239. The van der Waals surface area contributed by atoms with Crippen LogP contribution in [-0.2, 0) is 0 Å². The number of piperidine rings is 1. The van der Waals surface area contributed by atoms with Crippen LogP contribution in [0.4, 0.5) is 0 Å². The zero-order chi connectivity index (χ0) is 16.8. The minimum absolute atomic E-state index is 0.239. The molecule has 1 aliphatic rings. The Hall–Kier alpha value is -2.19. The van der Waals surface area contributed by atoms with E-state index in [9.17, 15) is 4.79 Å². The molecule has 0 aliphatic carbocycles. The minimum Gasteiger partial charge on any atom is -0.314 e. The molecule has 2 aromatic carbocycles. The van der Waals surface area contributed by atoms with Crippen molar-refractivity contribution >= 4 is 17.9 Å². The number of nitrogens with one attached hydrogen (secondary N) is 1. The fourth-order valence-corrected chi connectivity index (χ4v) is 3.09. The van der Waals surface area contributed by atoms with E-state index in [1.165, 1.54) is 24.0 Å². The maximum absolute atomic E-state index is 12.4. The summed E-state index contributed by atoms with van der Waals surface area (Å²) in [5, 5.41) is 3.44. The third-order valence-electron chi connectivity index (χ3n) is 4.62. The first-order valence-electron chi connectivity index (χ1n) is 8.82. The Morgan fingerprint density at radius 1 is 1.00 bits per heavy atom. The van der Waals surface area contributed by atoms with Gasteiger partial charge in [0.15, 0.2) is 5.78 Å². The van der Waals surface area contributed by atoms with E-state index in [-0.39, 0.29) is 5.78 Å². The number of rotatable bonds is 5. The van der Waals surface area contributed by atoms with Crippen molar-refractivity contribution in [2.45, 2.75) is 38.6 Å². The van der Waals surface area contributed by atoms with Gasteiger partial charge in [0.05, 0.1) is 0 Å². The van der Waals surface area contributed by atoms with Crippen LogP contribution in [0.25, 0.3) is 12.2 Å². The summed E-state index contributed by atoms with van der Waals surface area (Å²) in [6, 6.07) is 16.7. The van der Waals surface area contributed by atoms with Crippen LogP contribution in [0.5, 0.6) is 0 Å². The molecule has 0 saturated carbocycles. The van der Waals surface area contributed by atoms with Crippen LogP contribution in [0.1, 0.15) is 52.7 Å². The number of Topliss-reactive ketones (excluding diaryl/α,β-unsaturated/α-hetero) is 1. The van der Waals surface area contributed by atoms with Crippen molar-refractivity contribution in [3.05, 3.63) is 70.8 Å². The third-order valence-corrected chi connectivity index (χ3v) is 4.62. The molecule has 1 N–H and O–H groups in total. The number of benzene rings is 2. The predicted octanol–water partition coefficient (Wildman–Crippen LogP) is 4.88. The van der Waals surface area contributed by atoms with Gasteiger partial charge >= 0.3 is 0 Å². The average molecular weight is 319 g/mol. The second-order valence-corrected chi connectivity index (χ2v) is 6.64. The van der Waals surface area contributed by atoms with Crippen molar-refractivity contribution in [3.8, 4) is 0 Å². The van der Waals surface area contributed by atoms with E-state index in [1.54, 1.807) is 0 Å². The van der Waals surface area contributed by atoms with Gasteiger partial charge in [0.25, 0.3) is 0 Å². The number of hydrogen-bond acceptors (Lipinski definition) is 2. The normalized spacial score (nSPS) is 18.0. The van der Waals surface area contributed by atoms with Crippen LogP contribution in [0.3, 0.4) is 0 Å². The first-order valence-corrected chi connectivity index (χ1v) is 8.82. The van der Waals surface area contributed by atoms with Gasteiger partial charge in [0.1, 0.15) is 0 Å². The molecule has 0 bridgehead atoms. The van der Waals surface area contributed by atoms with Gasteiger partial charge in [-0.3, -0.25) is 4.79 Å². The molecular formula is C22H25NO. The lowest BCUT2D eigenvalue weighted by atomic mass is 9.96. The zero-order valence-electron chi connectivity index (χ0n) is 14.3. The number of hydrogen-bond donors (Lipinski definition) is 1. The van der Waals surface area contributed by atoms with Crippen molar-refractivity contribution in [2.24, 2.45) is 0 Å². The summed E-state index contributed by atoms with van der Waals surface area (Å²) in [5.41, 5.74) is 4.38. The molecule has 0 amide bonds. The maximum atomic E-state index is 12.4. The topological polar surface area (TPSA) is 29.1 Å². The smallest absolute Gasteiger partial charge is 0.164 e. The Balaban J connectivity index is 1.60. The fourth-order valence-electron chi connectivity index (χ4n) is 3.09. The summed E-state index contributed by atoms with van der Waals surface area (Å²) < 4.78 is 0. The highest BCUT2D eigenvalue weighted by Gasteiger charge is 2.17. The Bertz CT molecular complexity index is 692. The molecule has 0 spiro atoms. The van der Waals surface area contributed by atoms with Crippen molar-refractivity contribution in [2.75, 3.05) is 6.54 Å². The molecule has 1 atom stereocenters. The summed E-state index contributed by atoms with van der Waals surface area (Å²) >= 11 is 0. The number of carbonyl (C=O) groups excluding carboxylic acids is 1. The van der Waals surface area contributed by atoms with Crippen molar-refractivity contribution in [3.63, 3.8) is 0 Å². The summed E-state index contributed by atoms with van der Waals surface area (Å²) in [7, 11) is 0. The van der Waals surface area contributed by atoms with Crippen LogP contribution >= 0.6 is 0 Å². The predicted molar refractivity (Wildman–Crippen MR) is 101 cm³/mol. The second kappa shape index (κ2) is 8.07. The second-order valence-electron chi connectivity index (χ2n) is 6.64. The van der Waals surface area contributed by atoms with Gasteiger partial charge in [0, 0.05) is 18.0 Å². The summed E-state index contributed by atoms with van der Waals surface area (Å²) in [6.07, 6.45) is 8.37. The van der Waals surface area contributed by atoms with E-state index in [0.29, 0.717) is 12.5 Å². The molecule has 24 heavy (non-hydrogen) atoms. The molecular weight excluding hydrogens is 294 g/mol. The Morgan fingerprint density at radius 2 is 1.62 bits per heavy atom. The Labute approximate surface area is 144 Å². The maximum Gasteiger partial charge on any atom is 0.164 e. The van der Waals surface area contributed by atoms with Crippen LogP contribution < -0.4 is 5.32 Å². The van der Waals surface area contributed by atoms with Crippen LogP contribution in [0.15, 0.2) is 48.5 Å². The van der Waals surface area contributed by atoms with Gasteiger partial charge in [-0.15, -0.1) is 0 Å². The van der Waals surface area contributed by atoms with E-state index < -0.39 is 0 Å². The number of ketones is 1. The molecule has 2 heteroatoms.